The second-order valence-electron chi connectivity index (χ2n) is 3.08. The van der Waals surface area contributed by atoms with Crippen molar-refractivity contribution in [3.05, 3.63) is 28.3 Å². The number of benzene rings is 1. The Balaban J connectivity index is 2.56. The summed E-state index contributed by atoms with van der Waals surface area (Å²) in [5, 5.41) is 13.6. The third-order valence-electron chi connectivity index (χ3n) is 1.88. The van der Waals surface area contributed by atoms with Crippen molar-refractivity contribution >= 4 is 38.3 Å². The fourth-order valence-corrected chi connectivity index (χ4v) is 2.22. The normalized spacial score (nSPS) is 10.3. The van der Waals surface area contributed by atoms with Crippen LogP contribution in [0.5, 0.6) is 0 Å². The number of rotatable bonds is 2. The van der Waals surface area contributed by atoms with E-state index in [0.29, 0.717) is 15.3 Å². The van der Waals surface area contributed by atoms with Crippen LogP contribution < -0.4 is 5.32 Å². The predicted octanol–water partition coefficient (Wildman–Crippen LogP) is 2.16. The third kappa shape index (κ3) is 1.84. The van der Waals surface area contributed by atoms with Gasteiger partial charge in [-0.1, -0.05) is 17.4 Å². The highest BCUT2D eigenvalue weighted by Crippen LogP contribution is 2.31. The SMILES string of the molecule is CC(=O)Nc1nc2c([N+](=O)[O-])cccc2s1. The van der Waals surface area contributed by atoms with E-state index in [1.54, 1.807) is 12.1 Å². The zero-order valence-corrected chi connectivity index (χ0v) is 9.08. The molecule has 1 aromatic heterocycles. The Morgan fingerprint density at radius 3 is 2.94 bits per heavy atom. The van der Waals surface area contributed by atoms with Gasteiger partial charge in [-0.3, -0.25) is 14.9 Å². The maximum Gasteiger partial charge on any atom is 0.296 e. The lowest BCUT2D eigenvalue weighted by molar-refractivity contribution is -0.383. The summed E-state index contributed by atoms with van der Waals surface area (Å²) in [6.07, 6.45) is 0. The highest BCUT2D eigenvalue weighted by Gasteiger charge is 2.15. The molecule has 0 fully saturated rings. The number of thiazole rings is 1. The van der Waals surface area contributed by atoms with Crippen molar-refractivity contribution < 1.29 is 9.72 Å². The number of carbonyl (C=O) groups is 1. The number of non-ortho nitro benzene ring substituents is 1. The van der Waals surface area contributed by atoms with Crippen LogP contribution in [0.4, 0.5) is 10.8 Å². The van der Waals surface area contributed by atoms with E-state index in [0.717, 1.165) is 0 Å². The lowest BCUT2D eigenvalue weighted by atomic mass is 10.3. The minimum atomic E-state index is -0.487. The molecule has 1 N–H and O–H groups in total. The molecular weight excluding hydrogens is 230 g/mol. The second-order valence-corrected chi connectivity index (χ2v) is 4.11. The van der Waals surface area contributed by atoms with Crippen molar-refractivity contribution in [3.8, 4) is 0 Å². The Morgan fingerprint density at radius 1 is 1.56 bits per heavy atom. The molecule has 0 aliphatic carbocycles. The molecule has 0 spiro atoms. The summed E-state index contributed by atoms with van der Waals surface area (Å²) < 4.78 is 0.679. The quantitative estimate of drug-likeness (QED) is 0.640. The molecule has 0 unspecified atom stereocenters. The molecule has 0 aliphatic rings. The molecule has 2 rings (SSSR count). The van der Waals surface area contributed by atoms with Crippen LogP contribution in [0.1, 0.15) is 6.92 Å². The van der Waals surface area contributed by atoms with Gasteiger partial charge in [0.2, 0.25) is 5.91 Å². The van der Waals surface area contributed by atoms with Crippen LogP contribution in [0.3, 0.4) is 0 Å². The van der Waals surface area contributed by atoms with Gasteiger partial charge in [-0.15, -0.1) is 0 Å². The number of anilines is 1. The van der Waals surface area contributed by atoms with Gasteiger partial charge in [-0.05, 0) is 6.07 Å². The molecule has 0 aliphatic heterocycles. The van der Waals surface area contributed by atoms with Gasteiger partial charge in [0.05, 0.1) is 9.62 Å². The van der Waals surface area contributed by atoms with Crippen LogP contribution in [0.2, 0.25) is 0 Å². The number of hydrogen-bond acceptors (Lipinski definition) is 5. The summed E-state index contributed by atoms with van der Waals surface area (Å²) in [7, 11) is 0. The standard InChI is InChI=1S/C9H7N3O3S/c1-5(13)10-9-11-8-6(12(14)15)3-2-4-7(8)16-9/h2-4H,1H3,(H,10,11,13). The number of nitrogens with one attached hydrogen (secondary N) is 1. The predicted molar refractivity (Wildman–Crippen MR) is 60.6 cm³/mol. The lowest BCUT2D eigenvalue weighted by Gasteiger charge is -1.92. The molecule has 0 saturated heterocycles. The monoisotopic (exact) mass is 237 g/mol. The molecule has 7 heteroatoms. The van der Waals surface area contributed by atoms with Gasteiger partial charge in [0.1, 0.15) is 0 Å². The Labute approximate surface area is 94.1 Å². The van der Waals surface area contributed by atoms with Crippen molar-refractivity contribution in [2.24, 2.45) is 0 Å². The molecule has 0 saturated carbocycles. The van der Waals surface area contributed by atoms with Gasteiger partial charge in [0.15, 0.2) is 10.6 Å². The minimum absolute atomic E-state index is 0.0506. The lowest BCUT2D eigenvalue weighted by Crippen LogP contribution is -2.04. The molecule has 16 heavy (non-hydrogen) atoms. The number of hydrogen-bond donors (Lipinski definition) is 1. The topological polar surface area (TPSA) is 85.1 Å². The molecule has 82 valence electrons. The number of aromatic nitrogens is 1. The number of para-hydroxylation sites is 1. The fourth-order valence-electron chi connectivity index (χ4n) is 1.29. The van der Waals surface area contributed by atoms with Crippen LogP contribution in [0.15, 0.2) is 18.2 Å². The minimum Gasteiger partial charge on any atom is -0.302 e. The molecule has 0 bridgehead atoms. The van der Waals surface area contributed by atoms with Gasteiger partial charge in [0.25, 0.3) is 5.69 Å². The number of nitro benzene ring substituents is 1. The Morgan fingerprint density at radius 2 is 2.31 bits per heavy atom. The van der Waals surface area contributed by atoms with E-state index in [4.69, 9.17) is 0 Å². The van der Waals surface area contributed by atoms with Crippen LogP contribution in [-0.4, -0.2) is 15.8 Å². The number of nitro groups is 1. The van der Waals surface area contributed by atoms with E-state index >= 15 is 0 Å². The summed E-state index contributed by atoms with van der Waals surface area (Å²) in [5.74, 6) is -0.248. The first-order chi connectivity index (χ1) is 7.58. The molecule has 0 atom stereocenters. The van der Waals surface area contributed by atoms with E-state index in [9.17, 15) is 14.9 Å². The van der Waals surface area contributed by atoms with Crippen LogP contribution in [0.25, 0.3) is 10.2 Å². The number of nitrogens with zero attached hydrogens (tertiary/aromatic N) is 2. The summed E-state index contributed by atoms with van der Waals surface area (Å²) in [5.41, 5.74) is 0.256. The molecule has 1 heterocycles. The van der Waals surface area contributed by atoms with E-state index in [1.807, 2.05) is 0 Å². The summed E-state index contributed by atoms with van der Waals surface area (Å²) in [6, 6.07) is 4.71. The third-order valence-corrected chi connectivity index (χ3v) is 2.81. The van der Waals surface area contributed by atoms with Crippen molar-refractivity contribution in [1.82, 2.24) is 4.98 Å². The van der Waals surface area contributed by atoms with Crippen molar-refractivity contribution in [1.29, 1.82) is 0 Å². The molecular formula is C9H7N3O3S. The Kier molecular flexibility index (Phi) is 2.53. The number of fused-ring (bicyclic) bond motifs is 1. The Bertz CT molecular complexity index is 578. The molecule has 6 nitrogen and oxygen atoms in total. The molecule has 0 radical (unpaired) electrons. The second kappa shape index (κ2) is 3.86. The van der Waals surface area contributed by atoms with Crippen LogP contribution in [-0.2, 0) is 4.79 Å². The van der Waals surface area contributed by atoms with Gasteiger partial charge >= 0.3 is 0 Å². The van der Waals surface area contributed by atoms with Crippen LogP contribution in [0, 0.1) is 10.1 Å². The van der Waals surface area contributed by atoms with Gasteiger partial charge in [-0.25, -0.2) is 4.98 Å². The summed E-state index contributed by atoms with van der Waals surface area (Å²) in [6.45, 7) is 1.36. The molecule has 1 amide bonds. The van der Waals surface area contributed by atoms with E-state index in [-0.39, 0.29) is 11.6 Å². The van der Waals surface area contributed by atoms with Crippen molar-refractivity contribution in [2.45, 2.75) is 6.92 Å². The van der Waals surface area contributed by atoms with Crippen LogP contribution >= 0.6 is 11.3 Å². The zero-order chi connectivity index (χ0) is 11.7. The maximum atomic E-state index is 10.8. The first-order valence-corrected chi connectivity index (χ1v) is 5.21. The zero-order valence-electron chi connectivity index (χ0n) is 8.26. The van der Waals surface area contributed by atoms with Crippen molar-refractivity contribution in [3.63, 3.8) is 0 Å². The summed E-state index contributed by atoms with van der Waals surface area (Å²) >= 11 is 1.21. The average Bonchev–Trinajstić information content (AvgIpc) is 2.57. The number of carbonyl (C=O) groups excluding carboxylic acids is 1. The number of amides is 1. The van der Waals surface area contributed by atoms with Gasteiger partial charge in [-0.2, -0.15) is 0 Å². The first-order valence-electron chi connectivity index (χ1n) is 4.39. The largest absolute Gasteiger partial charge is 0.302 e. The highest BCUT2D eigenvalue weighted by molar-refractivity contribution is 7.22. The van der Waals surface area contributed by atoms with Gasteiger partial charge in [0, 0.05) is 13.0 Å². The fraction of sp³-hybridized carbons (Fsp3) is 0.111. The van der Waals surface area contributed by atoms with Gasteiger partial charge < -0.3 is 5.32 Å². The summed E-state index contributed by atoms with van der Waals surface area (Å²) in [4.78, 5) is 25.1. The Hall–Kier alpha value is -2.02. The smallest absolute Gasteiger partial charge is 0.296 e. The van der Waals surface area contributed by atoms with E-state index in [1.165, 1.54) is 24.3 Å². The maximum absolute atomic E-state index is 10.8. The van der Waals surface area contributed by atoms with E-state index in [2.05, 4.69) is 10.3 Å². The molecule has 1 aromatic carbocycles. The average molecular weight is 237 g/mol. The highest BCUT2D eigenvalue weighted by atomic mass is 32.1. The first kappa shape index (κ1) is 10.5. The molecule has 2 aromatic rings. The van der Waals surface area contributed by atoms with E-state index < -0.39 is 4.92 Å². The van der Waals surface area contributed by atoms with Crippen molar-refractivity contribution in [2.75, 3.05) is 5.32 Å².